The van der Waals surface area contributed by atoms with Crippen molar-refractivity contribution in [2.24, 2.45) is 0 Å². The summed E-state index contributed by atoms with van der Waals surface area (Å²) < 4.78 is 0. The number of hydrogen-bond acceptors (Lipinski definition) is 4. The van der Waals surface area contributed by atoms with Gasteiger partial charge in [-0.25, -0.2) is 0 Å². The van der Waals surface area contributed by atoms with Crippen LogP contribution in [0.5, 0.6) is 0 Å². The monoisotopic (exact) mass is 277 g/mol. The molecule has 5 nitrogen and oxygen atoms in total. The summed E-state index contributed by atoms with van der Waals surface area (Å²) in [5, 5.41) is 16.2. The number of amides is 1. The van der Waals surface area contributed by atoms with Gasteiger partial charge in [0.15, 0.2) is 0 Å². The maximum Gasteiger partial charge on any atom is 0.224 e. The first-order valence-corrected chi connectivity index (χ1v) is 7.10. The van der Waals surface area contributed by atoms with Crippen LogP contribution in [0, 0.1) is 0 Å². The summed E-state index contributed by atoms with van der Waals surface area (Å²) >= 11 is 0. The highest BCUT2D eigenvalue weighted by atomic mass is 16.3. The molecule has 1 aliphatic rings. The minimum Gasteiger partial charge on any atom is -0.397 e. The van der Waals surface area contributed by atoms with Crippen LogP contribution in [-0.4, -0.2) is 23.2 Å². The van der Waals surface area contributed by atoms with Crippen molar-refractivity contribution in [3.63, 3.8) is 0 Å². The molecule has 0 aliphatic carbocycles. The highest BCUT2D eigenvalue weighted by Crippen LogP contribution is 2.31. The number of aliphatic hydroxyl groups is 1. The maximum atomic E-state index is 11.4. The molecule has 110 valence electrons. The Hall–Kier alpha value is -1.75. The van der Waals surface area contributed by atoms with E-state index in [0.29, 0.717) is 18.7 Å². The van der Waals surface area contributed by atoms with Gasteiger partial charge in [-0.05, 0) is 37.5 Å². The molecule has 20 heavy (non-hydrogen) atoms. The second kappa shape index (κ2) is 5.71. The number of carbonyl (C=O) groups is 1. The summed E-state index contributed by atoms with van der Waals surface area (Å²) in [4.78, 5) is 11.4. The Bertz CT molecular complexity index is 512. The third-order valence-corrected chi connectivity index (χ3v) is 3.62. The van der Waals surface area contributed by atoms with Crippen LogP contribution in [0.15, 0.2) is 12.1 Å². The van der Waals surface area contributed by atoms with Crippen molar-refractivity contribution in [2.45, 2.75) is 45.1 Å². The van der Waals surface area contributed by atoms with Crippen molar-refractivity contribution >= 4 is 23.0 Å². The maximum absolute atomic E-state index is 11.4. The molecule has 5 N–H and O–H groups in total. The van der Waals surface area contributed by atoms with Crippen molar-refractivity contribution < 1.29 is 9.90 Å². The van der Waals surface area contributed by atoms with E-state index in [4.69, 9.17) is 5.73 Å². The minimum absolute atomic E-state index is 0.0335. The smallest absolute Gasteiger partial charge is 0.224 e. The van der Waals surface area contributed by atoms with Gasteiger partial charge in [-0.1, -0.05) is 13.3 Å². The van der Waals surface area contributed by atoms with Gasteiger partial charge in [-0.3, -0.25) is 4.79 Å². The molecule has 0 saturated heterocycles. The summed E-state index contributed by atoms with van der Waals surface area (Å²) in [6, 6.07) is 3.75. The Morgan fingerprint density at radius 1 is 1.45 bits per heavy atom. The van der Waals surface area contributed by atoms with Gasteiger partial charge < -0.3 is 21.5 Å². The van der Waals surface area contributed by atoms with Crippen LogP contribution in [0.3, 0.4) is 0 Å². The van der Waals surface area contributed by atoms with Crippen LogP contribution in [0.25, 0.3) is 0 Å². The molecule has 1 aliphatic heterocycles. The lowest BCUT2D eigenvalue weighted by atomic mass is 9.99. The molecule has 2 rings (SSSR count). The molecular formula is C15H23N3O2. The van der Waals surface area contributed by atoms with Gasteiger partial charge in [-0.2, -0.15) is 0 Å². The third-order valence-electron chi connectivity index (χ3n) is 3.62. The molecular weight excluding hydrogens is 254 g/mol. The standard InChI is InChI=1S/C15H23N3O2/c1-3-6-15(2,20)9-17-13-8-12-10(7-11(13)16)4-5-14(19)18-12/h7-8,17,20H,3-6,9,16H2,1-2H3,(H,18,19). The largest absolute Gasteiger partial charge is 0.397 e. The van der Waals surface area contributed by atoms with Crippen molar-refractivity contribution in [3.8, 4) is 0 Å². The quantitative estimate of drug-likeness (QED) is 0.621. The fraction of sp³-hybridized carbons (Fsp3) is 0.533. The zero-order chi connectivity index (χ0) is 14.8. The van der Waals surface area contributed by atoms with Crippen molar-refractivity contribution in [2.75, 3.05) is 22.9 Å². The second-order valence-electron chi connectivity index (χ2n) is 5.75. The van der Waals surface area contributed by atoms with Gasteiger partial charge in [0.05, 0.1) is 17.0 Å². The number of fused-ring (bicyclic) bond motifs is 1. The lowest BCUT2D eigenvalue weighted by molar-refractivity contribution is -0.116. The molecule has 1 aromatic carbocycles. The normalized spacial score (nSPS) is 17.1. The highest BCUT2D eigenvalue weighted by Gasteiger charge is 2.20. The van der Waals surface area contributed by atoms with Crippen LogP contribution in [0.4, 0.5) is 17.1 Å². The van der Waals surface area contributed by atoms with Gasteiger partial charge >= 0.3 is 0 Å². The lowest BCUT2D eigenvalue weighted by Crippen LogP contribution is -2.33. The number of anilines is 3. The van der Waals surface area contributed by atoms with E-state index in [0.717, 1.165) is 36.2 Å². The summed E-state index contributed by atoms with van der Waals surface area (Å²) in [5.41, 5.74) is 8.54. The Morgan fingerprint density at radius 2 is 2.20 bits per heavy atom. The minimum atomic E-state index is -0.764. The van der Waals surface area contributed by atoms with Crippen molar-refractivity contribution in [1.82, 2.24) is 0 Å². The summed E-state index contributed by atoms with van der Waals surface area (Å²) in [6.07, 6.45) is 2.87. The van der Waals surface area contributed by atoms with E-state index < -0.39 is 5.60 Å². The van der Waals surface area contributed by atoms with Gasteiger partial charge in [0.25, 0.3) is 0 Å². The molecule has 0 saturated carbocycles. The van der Waals surface area contributed by atoms with E-state index in [1.54, 1.807) is 6.92 Å². The molecule has 0 bridgehead atoms. The Kier molecular flexibility index (Phi) is 4.18. The zero-order valence-corrected chi connectivity index (χ0v) is 12.1. The number of benzene rings is 1. The van der Waals surface area contributed by atoms with E-state index >= 15 is 0 Å². The summed E-state index contributed by atoms with van der Waals surface area (Å²) in [6.45, 7) is 4.27. The molecule has 0 aromatic heterocycles. The average Bonchev–Trinajstić information content (AvgIpc) is 2.37. The molecule has 1 atom stereocenters. The number of nitrogen functional groups attached to an aromatic ring is 1. The molecule has 1 unspecified atom stereocenters. The van der Waals surface area contributed by atoms with Crippen molar-refractivity contribution in [1.29, 1.82) is 0 Å². The van der Waals surface area contributed by atoms with Crippen LogP contribution >= 0.6 is 0 Å². The number of aryl methyl sites for hydroxylation is 1. The first kappa shape index (κ1) is 14.7. The average molecular weight is 277 g/mol. The lowest BCUT2D eigenvalue weighted by Gasteiger charge is -2.25. The summed E-state index contributed by atoms with van der Waals surface area (Å²) in [7, 11) is 0. The van der Waals surface area contributed by atoms with Gasteiger partial charge in [0.2, 0.25) is 5.91 Å². The molecule has 5 heteroatoms. The van der Waals surface area contributed by atoms with E-state index in [2.05, 4.69) is 10.6 Å². The van der Waals surface area contributed by atoms with Crippen LogP contribution in [-0.2, 0) is 11.2 Å². The van der Waals surface area contributed by atoms with Crippen molar-refractivity contribution in [3.05, 3.63) is 17.7 Å². The first-order chi connectivity index (χ1) is 9.41. The molecule has 1 heterocycles. The number of hydrogen-bond donors (Lipinski definition) is 4. The number of nitrogens with two attached hydrogens (primary N) is 1. The predicted octanol–water partition coefficient (Wildman–Crippen LogP) is 2.12. The van der Waals surface area contributed by atoms with Crippen LogP contribution in [0.1, 0.15) is 38.7 Å². The van der Waals surface area contributed by atoms with Crippen LogP contribution < -0.4 is 16.4 Å². The first-order valence-electron chi connectivity index (χ1n) is 7.10. The fourth-order valence-electron chi connectivity index (χ4n) is 2.51. The highest BCUT2D eigenvalue weighted by molar-refractivity contribution is 5.95. The number of nitrogens with one attached hydrogen (secondary N) is 2. The van der Waals surface area contributed by atoms with E-state index in [1.807, 2.05) is 19.1 Å². The number of rotatable bonds is 5. The molecule has 0 spiro atoms. The Balaban J connectivity index is 2.12. The Morgan fingerprint density at radius 3 is 2.90 bits per heavy atom. The van der Waals surface area contributed by atoms with E-state index in [1.165, 1.54) is 0 Å². The summed E-state index contributed by atoms with van der Waals surface area (Å²) in [5.74, 6) is 0.0335. The third kappa shape index (κ3) is 3.42. The van der Waals surface area contributed by atoms with E-state index in [9.17, 15) is 9.90 Å². The zero-order valence-electron chi connectivity index (χ0n) is 12.1. The topological polar surface area (TPSA) is 87.4 Å². The SMILES string of the molecule is CCCC(C)(O)CNc1cc2c(cc1N)CCC(=O)N2. The van der Waals surface area contributed by atoms with Gasteiger partial charge in [-0.15, -0.1) is 0 Å². The molecule has 1 amide bonds. The molecule has 0 radical (unpaired) electrons. The van der Waals surface area contributed by atoms with E-state index in [-0.39, 0.29) is 5.91 Å². The molecule has 1 aromatic rings. The van der Waals surface area contributed by atoms with Gasteiger partial charge in [0.1, 0.15) is 0 Å². The second-order valence-corrected chi connectivity index (χ2v) is 5.75. The van der Waals surface area contributed by atoms with Gasteiger partial charge in [0, 0.05) is 18.7 Å². The predicted molar refractivity (Wildman–Crippen MR) is 81.8 cm³/mol. The fourth-order valence-corrected chi connectivity index (χ4v) is 2.51. The number of carbonyl (C=O) groups excluding carboxylic acids is 1. The molecule has 0 fully saturated rings. The van der Waals surface area contributed by atoms with Crippen LogP contribution in [0.2, 0.25) is 0 Å². The Labute approximate surface area is 119 Å².